The summed E-state index contributed by atoms with van der Waals surface area (Å²) in [7, 11) is 0. The molecule has 0 saturated carbocycles. The van der Waals surface area contributed by atoms with Gasteiger partial charge in [-0.3, -0.25) is 9.78 Å². The standard InChI is InChI=1S/C7H7N5O/c1-3-2-9-4-5(10-3)11-7(8)12-6(4)13/h2H,1H3,(H3,8,10,11,12,13). The van der Waals surface area contributed by atoms with E-state index in [1.165, 1.54) is 6.20 Å². The Balaban J connectivity index is 2.95. The number of rotatable bonds is 0. The summed E-state index contributed by atoms with van der Waals surface area (Å²) < 4.78 is 0. The van der Waals surface area contributed by atoms with E-state index >= 15 is 0 Å². The third kappa shape index (κ3) is 1.22. The highest BCUT2D eigenvalue weighted by atomic mass is 16.1. The molecule has 2 aromatic heterocycles. The minimum atomic E-state index is -0.366. The molecule has 6 nitrogen and oxygen atoms in total. The van der Waals surface area contributed by atoms with Crippen LogP contribution in [0.25, 0.3) is 11.2 Å². The molecule has 13 heavy (non-hydrogen) atoms. The van der Waals surface area contributed by atoms with Gasteiger partial charge in [0.1, 0.15) is 0 Å². The summed E-state index contributed by atoms with van der Waals surface area (Å²) in [4.78, 5) is 25.3. The summed E-state index contributed by atoms with van der Waals surface area (Å²) in [5.74, 6) is 0.0531. The average Bonchev–Trinajstić information content (AvgIpc) is 2.02. The number of H-pyrrole nitrogens is 1. The molecule has 6 heteroatoms. The molecule has 0 amide bonds. The van der Waals surface area contributed by atoms with Crippen molar-refractivity contribution in [3.05, 3.63) is 22.2 Å². The van der Waals surface area contributed by atoms with Crippen molar-refractivity contribution in [2.75, 3.05) is 5.73 Å². The van der Waals surface area contributed by atoms with Crippen LogP contribution in [0.4, 0.5) is 5.95 Å². The van der Waals surface area contributed by atoms with Gasteiger partial charge in [-0.15, -0.1) is 0 Å². The summed E-state index contributed by atoms with van der Waals surface area (Å²) in [5, 5.41) is 0. The number of nitrogen functional groups attached to an aromatic ring is 1. The van der Waals surface area contributed by atoms with Crippen molar-refractivity contribution >= 4 is 17.1 Å². The van der Waals surface area contributed by atoms with Crippen LogP contribution in [0.5, 0.6) is 0 Å². The highest BCUT2D eigenvalue weighted by Gasteiger charge is 2.03. The number of aromatic nitrogens is 4. The van der Waals surface area contributed by atoms with Crippen LogP contribution in [-0.2, 0) is 0 Å². The number of hydrogen-bond donors (Lipinski definition) is 2. The van der Waals surface area contributed by atoms with E-state index in [1.807, 2.05) is 0 Å². The molecule has 0 radical (unpaired) electrons. The normalized spacial score (nSPS) is 10.5. The van der Waals surface area contributed by atoms with Gasteiger partial charge in [0.05, 0.1) is 5.69 Å². The van der Waals surface area contributed by atoms with Gasteiger partial charge in [0.25, 0.3) is 5.56 Å². The highest BCUT2D eigenvalue weighted by Crippen LogP contribution is 2.01. The molecular formula is C7H7N5O. The van der Waals surface area contributed by atoms with Crippen LogP contribution in [-0.4, -0.2) is 19.9 Å². The third-order valence-corrected chi connectivity index (χ3v) is 1.56. The molecule has 0 unspecified atom stereocenters. The van der Waals surface area contributed by atoms with Crippen molar-refractivity contribution in [1.29, 1.82) is 0 Å². The largest absolute Gasteiger partial charge is 0.369 e. The molecule has 2 heterocycles. The zero-order valence-electron chi connectivity index (χ0n) is 6.90. The lowest BCUT2D eigenvalue weighted by atomic mass is 10.4. The van der Waals surface area contributed by atoms with Gasteiger partial charge in [-0.1, -0.05) is 0 Å². The van der Waals surface area contributed by atoms with Crippen molar-refractivity contribution in [2.45, 2.75) is 6.92 Å². The van der Waals surface area contributed by atoms with E-state index in [1.54, 1.807) is 6.92 Å². The van der Waals surface area contributed by atoms with Gasteiger partial charge in [-0.05, 0) is 6.92 Å². The fourth-order valence-corrected chi connectivity index (χ4v) is 1.02. The Kier molecular flexibility index (Phi) is 1.48. The van der Waals surface area contributed by atoms with Crippen LogP contribution in [0.15, 0.2) is 11.0 Å². The molecular weight excluding hydrogens is 170 g/mol. The number of nitrogens with two attached hydrogens (primary N) is 1. The first-order chi connectivity index (χ1) is 6.16. The monoisotopic (exact) mass is 177 g/mol. The van der Waals surface area contributed by atoms with Crippen LogP contribution < -0.4 is 11.3 Å². The summed E-state index contributed by atoms with van der Waals surface area (Å²) in [6.45, 7) is 1.77. The zero-order valence-corrected chi connectivity index (χ0v) is 6.90. The van der Waals surface area contributed by atoms with Gasteiger partial charge < -0.3 is 5.73 Å². The van der Waals surface area contributed by atoms with E-state index in [0.717, 1.165) is 0 Å². The van der Waals surface area contributed by atoms with E-state index in [2.05, 4.69) is 19.9 Å². The minimum absolute atomic E-state index is 0.0531. The van der Waals surface area contributed by atoms with E-state index in [4.69, 9.17) is 5.73 Å². The lowest BCUT2D eigenvalue weighted by molar-refractivity contribution is 1.09. The minimum Gasteiger partial charge on any atom is -0.369 e. The number of nitrogens with one attached hydrogen (secondary N) is 1. The lowest BCUT2D eigenvalue weighted by Gasteiger charge is -1.96. The highest BCUT2D eigenvalue weighted by molar-refractivity contribution is 5.68. The van der Waals surface area contributed by atoms with Crippen molar-refractivity contribution in [2.24, 2.45) is 0 Å². The Morgan fingerprint density at radius 3 is 3.00 bits per heavy atom. The van der Waals surface area contributed by atoms with Crippen LogP contribution in [0.3, 0.4) is 0 Å². The van der Waals surface area contributed by atoms with E-state index in [9.17, 15) is 4.79 Å². The maximum absolute atomic E-state index is 11.2. The summed E-state index contributed by atoms with van der Waals surface area (Å²) >= 11 is 0. The second kappa shape index (κ2) is 2.51. The number of aryl methyl sites for hydroxylation is 1. The maximum atomic E-state index is 11.2. The Hall–Kier alpha value is -1.98. The average molecular weight is 177 g/mol. The third-order valence-electron chi connectivity index (χ3n) is 1.56. The number of anilines is 1. The molecule has 0 aliphatic rings. The Labute approximate surface area is 72.9 Å². The quantitative estimate of drug-likeness (QED) is 0.570. The molecule has 0 aliphatic carbocycles. The fraction of sp³-hybridized carbons (Fsp3) is 0.143. The first kappa shape index (κ1) is 7.66. The molecule has 0 saturated heterocycles. The molecule has 0 aliphatic heterocycles. The van der Waals surface area contributed by atoms with Gasteiger partial charge in [0.2, 0.25) is 5.95 Å². The van der Waals surface area contributed by atoms with Crippen LogP contribution in [0, 0.1) is 6.92 Å². The predicted molar refractivity (Wildman–Crippen MR) is 47.1 cm³/mol. The second-order valence-electron chi connectivity index (χ2n) is 2.63. The lowest BCUT2D eigenvalue weighted by Crippen LogP contribution is -2.13. The van der Waals surface area contributed by atoms with E-state index in [0.29, 0.717) is 5.69 Å². The first-order valence-electron chi connectivity index (χ1n) is 3.66. The molecule has 3 N–H and O–H groups in total. The number of fused-ring (bicyclic) bond motifs is 1. The van der Waals surface area contributed by atoms with E-state index in [-0.39, 0.29) is 22.7 Å². The second-order valence-corrected chi connectivity index (χ2v) is 2.63. The van der Waals surface area contributed by atoms with Crippen molar-refractivity contribution in [3.63, 3.8) is 0 Å². The van der Waals surface area contributed by atoms with Gasteiger partial charge in [-0.25, -0.2) is 9.97 Å². The van der Waals surface area contributed by atoms with Crippen molar-refractivity contribution in [3.8, 4) is 0 Å². The number of hydrogen-bond acceptors (Lipinski definition) is 5. The molecule has 2 rings (SSSR count). The molecule has 0 fully saturated rings. The fourth-order valence-electron chi connectivity index (χ4n) is 1.02. The van der Waals surface area contributed by atoms with Gasteiger partial charge in [0, 0.05) is 6.20 Å². The van der Waals surface area contributed by atoms with Crippen LogP contribution >= 0.6 is 0 Å². The SMILES string of the molecule is Cc1cnc2c(=O)[nH]c(N)nc2n1. The molecule has 66 valence electrons. The summed E-state index contributed by atoms with van der Waals surface area (Å²) in [5.41, 5.74) is 6.16. The Morgan fingerprint density at radius 2 is 2.23 bits per heavy atom. The summed E-state index contributed by atoms with van der Waals surface area (Å²) in [6, 6.07) is 0. The van der Waals surface area contributed by atoms with Gasteiger partial charge in [-0.2, -0.15) is 4.98 Å². The molecule has 0 atom stereocenters. The predicted octanol–water partition coefficient (Wildman–Crippen LogP) is -0.396. The topological polar surface area (TPSA) is 97.5 Å². The van der Waals surface area contributed by atoms with Crippen molar-refractivity contribution in [1.82, 2.24) is 19.9 Å². The zero-order chi connectivity index (χ0) is 9.42. The van der Waals surface area contributed by atoms with Gasteiger partial charge in [0.15, 0.2) is 11.2 Å². The smallest absolute Gasteiger partial charge is 0.280 e. The Bertz CT molecular complexity index is 513. The van der Waals surface area contributed by atoms with E-state index < -0.39 is 0 Å². The number of aromatic amines is 1. The number of nitrogens with zero attached hydrogens (tertiary/aromatic N) is 3. The van der Waals surface area contributed by atoms with Crippen LogP contribution in [0.2, 0.25) is 0 Å². The van der Waals surface area contributed by atoms with Crippen molar-refractivity contribution < 1.29 is 0 Å². The van der Waals surface area contributed by atoms with Gasteiger partial charge >= 0.3 is 0 Å². The Morgan fingerprint density at radius 1 is 1.46 bits per heavy atom. The maximum Gasteiger partial charge on any atom is 0.280 e. The molecule has 0 spiro atoms. The van der Waals surface area contributed by atoms with Crippen LogP contribution in [0.1, 0.15) is 5.69 Å². The summed E-state index contributed by atoms with van der Waals surface area (Å²) in [6.07, 6.45) is 1.51. The first-order valence-corrected chi connectivity index (χ1v) is 3.66. The molecule has 0 bridgehead atoms. The molecule has 2 aromatic rings. The molecule has 0 aromatic carbocycles.